The minimum atomic E-state index is -0.342. The van der Waals surface area contributed by atoms with Crippen molar-refractivity contribution in [3.63, 3.8) is 0 Å². The number of anilines is 1. The third-order valence-corrected chi connectivity index (χ3v) is 5.35. The van der Waals surface area contributed by atoms with Gasteiger partial charge in [-0.2, -0.15) is 0 Å². The smallest absolute Gasteiger partial charge is 0.255 e. The Morgan fingerprint density at radius 2 is 2.03 bits per heavy atom. The second kappa shape index (κ2) is 8.91. The van der Waals surface area contributed by atoms with Crippen LogP contribution in [0, 0.1) is 0 Å². The highest BCUT2D eigenvalue weighted by atomic mass is 35.5. The minimum Gasteiger partial charge on any atom is -0.493 e. The fraction of sp³-hybridized carbons (Fsp3) is 0.167. The summed E-state index contributed by atoms with van der Waals surface area (Å²) in [5, 5.41) is 3.18. The van der Waals surface area contributed by atoms with E-state index >= 15 is 0 Å². The lowest BCUT2D eigenvalue weighted by Crippen LogP contribution is -2.17. The van der Waals surface area contributed by atoms with Crippen LogP contribution < -0.4 is 24.3 Å². The number of hydrogen-bond donors (Lipinski definition) is 1. The molecule has 0 saturated heterocycles. The average Bonchev–Trinajstić information content (AvgIpc) is 3.26. The van der Waals surface area contributed by atoms with Gasteiger partial charge in [0.2, 0.25) is 0 Å². The molecule has 5 rings (SSSR count). The Balaban J connectivity index is 1.33. The van der Waals surface area contributed by atoms with Crippen molar-refractivity contribution in [2.75, 3.05) is 25.6 Å². The van der Waals surface area contributed by atoms with Crippen LogP contribution in [0.25, 0.3) is 5.65 Å². The molecule has 0 spiro atoms. The number of pyridine rings is 1. The van der Waals surface area contributed by atoms with Crippen molar-refractivity contribution >= 4 is 28.8 Å². The summed E-state index contributed by atoms with van der Waals surface area (Å²) in [4.78, 5) is 17.4. The van der Waals surface area contributed by atoms with Crippen LogP contribution in [0.4, 0.5) is 5.69 Å². The summed E-state index contributed by atoms with van der Waals surface area (Å²) < 4.78 is 24.3. The number of methoxy groups -OCH3 is 1. The summed E-state index contributed by atoms with van der Waals surface area (Å²) >= 11 is 6.26. The first kappa shape index (κ1) is 21.0. The zero-order valence-electron chi connectivity index (χ0n) is 17.7. The maximum Gasteiger partial charge on any atom is 0.255 e. The van der Waals surface area contributed by atoms with E-state index in [1.54, 1.807) is 37.4 Å². The van der Waals surface area contributed by atoms with E-state index in [-0.39, 0.29) is 12.5 Å². The van der Waals surface area contributed by atoms with Crippen LogP contribution in [0.2, 0.25) is 5.02 Å². The maximum absolute atomic E-state index is 12.8. The Morgan fingerprint density at radius 3 is 2.88 bits per heavy atom. The molecule has 0 atom stereocenters. The van der Waals surface area contributed by atoms with Crippen molar-refractivity contribution in [1.82, 2.24) is 9.38 Å². The Labute approximate surface area is 194 Å². The van der Waals surface area contributed by atoms with Gasteiger partial charge in [-0.05, 0) is 36.4 Å². The monoisotopic (exact) mass is 465 g/mol. The highest BCUT2D eigenvalue weighted by Gasteiger charge is 2.20. The SMILES string of the molecule is COc1ccc(NC(=O)c2cc(Cl)c3c(c2)OCCO3)cc1OCc1cn2ccccc2n1. The Hall–Kier alpha value is -3.91. The highest BCUT2D eigenvalue weighted by Crippen LogP contribution is 2.38. The summed E-state index contributed by atoms with van der Waals surface area (Å²) in [5.74, 6) is 1.58. The van der Waals surface area contributed by atoms with Gasteiger partial charge in [-0.1, -0.05) is 17.7 Å². The van der Waals surface area contributed by atoms with Crippen LogP contribution in [0.15, 0.2) is 60.9 Å². The fourth-order valence-corrected chi connectivity index (χ4v) is 3.79. The number of nitrogens with one attached hydrogen (secondary N) is 1. The molecule has 9 heteroatoms. The molecule has 0 aliphatic carbocycles. The Bertz CT molecular complexity index is 1300. The second-order valence-electron chi connectivity index (χ2n) is 7.29. The molecule has 0 radical (unpaired) electrons. The number of aromatic nitrogens is 2. The first-order chi connectivity index (χ1) is 16.1. The van der Waals surface area contributed by atoms with Crippen LogP contribution in [0.5, 0.6) is 23.0 Å². The first-order valence-corrected chi connectivity index (χ1v) is 10.6. The number of benzene rings is 2. The van der Waals surface area contributed by atoms with Crippen molar-refractivity contribution < 1.29 is 23.7 Å². The van der Waals surface area contributed by atoms with Gasteiger partial charge in [-0.15, -0.1) is 0 Å². The van der Waals surface area contributed by atoms with E-state index in [2.05, 4.69) is 10.3 Å². The van der Waals surface area contributed by atoms with Gasteiger partial charge in [-0.25, -0.2) is 4.98 Å². The molecule has 1 aliphatic rings. The van der Waals surface area contributed by atoms with E-state index < -0.39 is 0 Å². The largest absolute Gasteiger partial charge is 0.493 e. The van der Waals surface area contributed by atoms with E-state index in [0.29, 0.717) is 52.5 Å². The Morgan fingerprint density at radius 1 is 1.15 bits per heavy atom. The minimum absolute atomic E-state index is 0.243. The molecule has 0 fully saturated rings. The lowest BCUT2D eigenvalue weighted by Gasteiger charge is -2.20. The van der Waals surface area contributed by atoms with E-state index in [1.807, 2.05) is 35.0 Å². The fourth-order valence-electron chi connectivity index (χ4n) is 3.52. The average molecular weight is 466 g/mol. The molecule has 0 bridgehead atoms. The number of nitrogens with zero attached hydrogens (tertiary/aromatic N) is 2. The van der Waals surface area contributed by atoms with Crippen LogP contribution in [-0.4, -0.2) is 35.6 Å². The molecule has 2 aromatic heterocycles. The van der Waals surface area contributed by atoms with Crippen LogP contribution in [-0.2, 0) is 6.61 Å². The van der Waals surface area contributed by atoms with Gasteiger partial charge < -0.3 is 28.7 Å². The normalized spacial score (nSPS) is 12.4. The zero-order chi connectivity index (χ0) is 22.8. The molecule has 33 heavy (non-hydrogen) atoms. The second-order valence-corrected chi connectivity index (χ2v) is 7.70. The molecule has 1 aliphatic heterocycles. The maximum atomic E-state index is 12.8. The van der Waals surface area contributed by atoms with Crippen molar-refractivity contribution in [2.45, 2.75) is 6.61 Å². The lowest BCUT2D eigenvalue weighted by atomic mass is 10.1. The summed E-state index contributed by atoms with van der Waals surface area (Å²) in [6, 6.07) is 14.1. The van der Waals surface area contributed by atoms with Gasteiger partial charge >= 0.3 is 0 Å². The molecule has 2 aromatic carbocycles. The molecule has 1 amide bonds. The number of carbonyl (C=O) groups excluding carboxylic acids is 1. The summed E-state index contributed by atoms with van der Waals surface area (Å²) in [6.07, 6.45) is 3.83. The molecule has 0 unspecified atom stereocenters. The summed E-state index contributed by atoms with van der Waals surface area (Å²) in [6.45, 7) is 1.06. The topological polar surface area (TPSA) is 83.3 Å². The third-order valence-electron chi connectivity index (χ3n) is 5.07. The van der Waals surface area contributed by atoms with Gasteiger partial charge in [0, 0.05) is 29.7 Å². The van der Waals surface area contributed by atoms with Crippen molar-refractivity contribution in [3.05, 3.63) is 77.2 Å². The summed E-state index contributed by atoms with van der Waals surface area (Å²) in [7, 11) is 1.56. The van der Waals surface area contributed by atoms with E-state index in [1.165, 1.54) is 0 Å². The van der Waals surface area contributed by atoms with Crippen LogP contribution in [0.3, 0.4) is 0 Å². The number of imidazole rings is 1. The standard InChI is InChI=1S/C24H20ClN3O5/c1-30-19-6-5-16(12-20(19)33-14-17-13-28-7-3-2-4-22(28)26-17)27-24(29)15-10-18(25)23-21(11-15)31-8-9-32-23/h2-7,10-13H,8-9,14H2,1H3,(H,27,29). The first-order valence-electron chi connectivity index (χ1n) is 10.2. The molecule has 168 valence electrons. The van der Waals surface area contributed by atoms with Gasteiger partial charge in [0.25, 0.3) is 5.91 Å². The van der Waals surface area contributed by atoms with Crippen LogP contribution >= 0.6 is 11.6 Å². The van der Waals surface area contributed by atoms with E-state index in [9.17, 15) is 4.79 Å². The van der Waals surface area contributed by atoms with Gasteiger partial charge in [-0.3, -0.25) is 4.79 Å². The molecular weight excluding hydrogens is 446 g/mol. The lowest BCUT2D eigenvalue weighted by molar-refractivity contribution is 0.102. The number of rotatable bonds is 6. The molecule has 8 nitrogen and oxygen atoms in total. The predicted molar refractivity (Wildman–Crippen MR) is 123 cm³/mol. The quantitative estimate of drug-likeness (QED) is 0.448. The molecular formula is C24H20ClN3O5. The number of hydrogen-bond acceptors (Lipinski definition) is 6. The van der Waals surface area contributed by atoms with E-state index in [0.717, 1.165) is 11.3 Å². The van der Waals surface area contributed by atoms with Gasteiger partial charge in [0.05, 0.1) is 17.8 Å². The zero-order valence-corrected chi connectivity index (χ0v) is 18.5. The van der Waals surface area contributed by atoms with Crippen molar-refractivity contribution in [2.24, 2.45) is 0 Å². The number of fused-ring (bicyclic) bond motifs is 2. The third kappa shape index (κ3) is 4.38. The van der Waals surface area contributed by atoms with Gasteiger partial charge in [0.1, 0.15) is 25.5 Å². The highest BCUT2D eigenvalue weighted by molar-refractivity contribution is 6.32. The van der Waals surface area contributed by atoms with Crippen LogP contribution in [0.1, 0.15) is 16.1 Å². The molecule has 0 saturated carbocycles. The number of ether oxygens (including phenoxy) is 4. The van der Waals surface area contributed by atoms with Gasteiger partial charge in [0.15, 0.2) is 23.0 Å². The van der Waals surface area contributed by atoms with E-state index in [4.69, 9.17) is 30.5 Å². The molecule has 3 heterocycles. The predicted octanol–water partition coefficient (Wildman–Crippen LogP) is 4.60. The van der Waals surface area contributed by atoms with Crippen molar-refractivity contribution in [3.8, 4) is 23.0 Å². The Kier molecular flexibility index (Phi) is 5.66. The summed E-state index contributed by atoms with van der Waals surface area (Å²) in [5.41, 5.74) is 2.50. The number of halogens is 1. The number of carbonyl (C=O) groups is 1. The van der Waals surface area contributed by atoms with Crippen molar-refractivity contribution in [1.29, 1.82) is 0 Å². The molecule has 4 aromatic rings. The number of amides is 1. The molecule has 1 N–H and O–H groups in total.